The summed E-state index contributed by atoms with van der Waals surface area (Å²) in [6.07, 6.45) is 0.945. The molecule has 0 unspecified atom stereocenters. The van der Waals surface area contributed by atoms with Gasteiger partial charge in [-0.15, -0.1) is 0 Å². The maximum atomic E-state index is 13.2. The van der Waals surface area contributed by atoms with Crippen LogP contribution in [0, 0.1) is 11.7 Å². The highest BCUT2D eigenvalue weighted by molar-refractivity contribution is 9.10. The maximum absolute atomic E-state index is 13.2. The largest absolute Gasteiger partial charge is 0.381 e. The van der Waals surface area contributed by atoms with Crippen LogP contribution in [0.2, 0.25) is 0 Å². The minimum Gasteiger partial charge on any atom is -0.381 e. The first-order valence-electron chi connectivity index (χ1n) is 6.68. The van der Waals surface area contributed by atoms with Gasteiger partial charge in [-0.3, -0.25) is 0 Å². The molecule has 0 saturated carbocycles. The van der Waals surface area contributed by atoms with Crippen molar-refractivity contribution in [2.75, 3.05) is 31.6 Å². The molecule has 110 valence electrons. The van der Waals surface area contributed by atoms with Crippen LogP contribution in [0.25, 0.3) is 0 Å². The van der Waals surface area contributed by atoms with E-state index in [0.717, 1.165) is 6.42 Å². The number of amides is 2. The Morgan fingerprint density at radius 1 is 1.55 bits per heavy atom. The van der Waals surface area contributed by atoms with Crippen molar-refractivity contribution in [2.45, 2.75) is 13.3 Å². The first-order valence-corrected chi connectivity index (χ1v) is 7.47. The average molecular weight is 345 g/mol. The molecule has 0 spiro atoms. The Kier molecular flexibility index (Phi) is 5.37. The topological polar surface area (TPSA) is 41.6 Å². The summed E-state index contributed by atoms with van der Waals surface area (Å²) < 4.78 is 19.2. The summed E-state index contributed by atoms with van der Waals surface area (Å²) in [5.74, 6) is 0.00487. The van der Waals surface area contributed by atoms with E-state index in [4.69, 9.17) is 4.74 Å². The van der Waals surface area contributed by atoms with Gasteiger partial charge in [-0.2, -0.15) is 0 Å². The molecule has 1 aliphatic heterocycles. The number of benzene rings is 1. The number of nitrogens with one attached hydrogen (secondary N) is 1. The summed E-state index contributed by atoms with van der Waals surface area (Å²) in [6.45, 7) is 4.73. The van der Waals surface area contributed by atoms with E-state index in [-0.39, 0.29) is 11.8 Å². The fourth-order valence-electron chi connectivity index (χ4n) is 2.27. The molecule has 0 aliphatic carbocycles. The lowest BCUT2D eigenvalue weighted by atomic mass is 10.1. The Hall–Kier alpha value is -1.14. The number of halogens is 2. The van der Waals surface area contributed by atoms with Crippen LogP contribution in [-0.2, 0) is 4.74 Å². The van der Waals surface area contributed by atoms with Gasteiger partial charge in [0.05, 0.1) is 6.61 Å². The van der Waals surface area contributed by atoms with Gasteiger partial charge in [-0.1, -0.05) is 15.9 Å². The smallest absolute Gasteiger partial charge is 0.321 e. The van der Waals surface area contributed by atoms with Crippen molar-refractivity contribution < 1.29 is 13.9 Å². The molecule has 1 fully saturated rings. The quantitative estimate of drug-likeness (QED) is 0.908. The minimum absolute atomic E-state index is 0.193. The second-order valence-corrected chi connectivity index (χ2v) is 5.76. The van der Waals surface area contributed by atoms with Crippen molar-refractivity contribution in [3.63, 3.8) is 0 Å². The van der Waals surface area contributed by atoms with E-state index >= 15 is 0 Å². The third kappa shape index (κ3) is 4.18. The number of urea groups is 1. The van der Waals surface area contributed by atoms with Gasteiger partial charge in [0.25, 0.3) is 0 Å². The van der Waals surface area contributed by atoms with Crippen molar-refractivity contribution >= 4 is 27.6 Å². The van der Waals surface area contributed by atoms with Crippen LogP contribution in [0.15, 0.2) is 22.7 Å². The van der Waals surface area contributed by atoms with Gasteiger partial charge < -0.3 is 15.0 Å². The molecule has 2 amide bonds. The van der Waals surface area contributed by atoms with Crippen molar-refractivity contribution in [3.05, 3.63) is 28.5 Å². The van der Waals surface area contributed by atoms with Crippen LogP contribution < -0.4 is 5.32 Å². The number of rotatable bonds is 4. The second-order valence-electron chi connectivity index (χ2n) is 4.85. The van der Waals surface area contributed by atoms with Crippen LogP contribution in [0.4, 0.5) is 14.9 Å². The second kappa shape index (κ2) is 7.04. The molecule has 1 saturated heterocycles. The Balaban J connectivity index is 1.89. The monoisotopic (exact) mass is 344 g/mol. The lowest BCUT2D eigenvalue weighted by Gasteiger charge is -2.17. The molecular formula is C14H18BrFN2O2. The molecule has 0 radical (unpaired) electrons. The zero-order valence-electron chi connectivity index (χ0n) is 11.4. The Bertz CT molecular complexity index is 464. The molecule has 6 heteroatoms. The predicted molar refractivity (Wildman–Crippen MR) is 79.3 cm³/mol. The summed E-state index contributed by atoms with van der Waals surface area (Å²) in [7, 11) is 0. The standard InChI is InChI=1S/C14H18BrFN2O2/c1-2-20-9-10-3-4-18(8-10)14(19)17-13-6-11(15)5-12(16)7-13/h5-7,10H,2-4,8-9H2,1H3,(H,17,19)/t10-/m1/s1. The Labute approximate surface area is 126 Å². The molecule has 20 heavy (non-hydrogen) atoms. The molecule has 2 rings (SSSR count). The van der Waals surface area contributed by atoms with Gasteiger partial charge in [-0.05, 0) is 31.5 Å². The number of anilines is 1. The van der Waals surface area contributed by atoms with E-state index in [1.165, 1.54) is 12.1 Å². The van der Waals surface area contributed by atoms with E-state index in [2.05, 4.69) is 21.2 Å². The summed E-state index contributed by atoms with van der Waals surface area (Å²) >= 11 is 3.20. The van der Waals surface area contributed by atoms with Crippen LogP contribution in [0.3, 0.4) is 0 Å². The van der Waals surface area contributed by atoms with E-state index in [0.29, 0.717) is 42.4 Å². The van der Waals surface area contributed by atoms with Crippen molar-refractivity contribution in [2.24, 2.45) is 5.92 Å². The molecule has 1 atom stereocenters. The highest BCUT2D eigenvalue weighted by Crippen LogP contribution is 2.21. The van der Waals surface area contributed by atoms with Crippen LogP contribution >= 0.6 is 15.9 Å². The first kappa shape index (κ1) is 15.3. The first-order chi connectivity index (χ1) is 9.58. The number of carbonyl (C=O) groups excluding carboxylic acids is 1. The molecule has 4 nitrogen and oxygen atoms in total. The Morgan fingerprint density at radius 2 is 2.35 bits per heavy atom. The number of likely N-dealkylation sites (tertiary alicyclic amines) is 1. The minimum atomic E-state index is -0.384. The fraction of sp³-hybridized carbons (Fsp3) is 0.500. The number of carbonyl (C=O) groups is 1. The van der Waals surface area contributed by atoms with Crippen LogP contribution in [0.1, 0.15) is 13.3 Å². The van der Waals surface area contributed by atoms with Crippen LogP contribution in [0.5, 0.6) is 0 Å². The fourth-order valence-corrected chi connectivity index (χ4v) is 2.73. The molecule has 0 aromatic heterocycles. The van der Waals surface area contributed by atoms with Gasteiger partial charge in [0.15, 0.2) is 0 Å². The molecule has 1 aromatic carbocycles. The van der Waals surface area contributed by atoms with Crippen LogP contribution in [-0.4, -0.2) is 37.2 Å². The predicted octanol–water partition coefficient (Wildman–Crippen LogP) is 3.48. The average Bonchev–Trinajstić information content (AvgIpc) is 2.83. The summed E-state index contributed by atoms with van der Waals surface area (Å²) in [4.78, 5) is 13.8. The van der Waals surface area contributed by atoms with E-state index in [9.17, 15) is 9.18 Å². The lowest BCUT2D eigenvalue weighted by Crippen LogP contribution is -2.33. The molecular weight excluding hydrogens is 327 g/mol. The molecule has 1 heterocycles. The zero-order chi connectivity index (χ0) is 14.5. The number of ether oxygens (including phenoxy) is 1. The number of hydrogen-bond acceptors (Lipinski definition) is 2. The Morgan fingerprint density at radius 3 is 3.05 bits per heavy atom. The SMILES string of the molecule is CCOC[C@@H]1CCN(C(=O)Nc2cc(F)cc(Br)c2)C1. The summed E-state index contributed by atoms with van der Waals surface area (Å²) in [6, 6.07) is 4.14. The van der Waals surface area contributed by atoms with Crippen molar-refractivity contribution in [3.8, 4) is 0 Å². The third-order valence-electron chi connectivity index (χ3n) is 3.24. The number of hydrogen-bond donors (Lipinski definition) is 1. The maximum Gasteiger partial charge on any atom is 0.321 e. The zero-order valence-corrected chi connectivity index (χ0v) is 13.0. The van der Waals surface area contributed by atoms with Gasteiger partial charge in [0, 0.05) is 35.8 Å². The van der Waals surface area contributed by atoms with Gasteiger partial charge >= 0.3 is 6.03 Å². The van der Waals surface area contributed by atoms with E-state index in [1.54, 1.807) is 11.0 Å². The molecule has 1 N–H and O–H groups in total. The third-order valence-corrected chi connectivity index (χ3v) is 3.70. The van der Waals surface area contributed by atoms with E-state index < -0.39 is 0 Å². The lowest BCUT2D eigenvalue weighted by molar-refractivity contribution is 0.113. The van der Waals surface area contributed by atoms with Gasteiger partial charge in [0.1, 0.15) is 5.82 Å². The molecule has 1 aliphatic rings. The molecule has 0 bridgehead atoms. The van der Waals surface area contributed by atoms with E-state index in [1.807, 2.05) is 6.92 Å². The van der Waals surface area contributed by atoms with Gasteiger partial charge in [0.2, 0.25) is 0 Å². The van der Waals surface area contributed by atoms with Crippen molar-refractivity contribution in [1.82, 2.24) is 4.90 Å². The highest BCUT2D eigenvalue weighted by Gasteiger charge is 2.26. The van der Waals surface area contributed by atoms with Crippen molar-refractivity contribution in [1.29, 1.82) is 0 Å². The highest BCUT2D eigenvalue weighted by atomic mass is 79.9. The number of nitrogens with zero attached hydrogens (tertiary/aromatic N) is 1. The van der Waals surface area contributed by atoms with Gasteiger partial charge in [-0.25, -0.2) is 9.18 Å². The summed E-state index contributed by atoms with van der Waals surface area (Å²) in [5.41, 5.74) is 0.454. The summed E-state index contributed by atoms with van der Waals surface area (Å²) in [5, 5.41) is 2.72. The normalized spacial score (nSPS) is 18.4. The molecule has 1 aromatic rings.